The molecule has 1 fully saturated rings. The molecule has 2 atom stereocenters. The van der Waals surface area contributed by atoms with E-state index in [1.807, 2.05) is 4.90 Å². The summed E-state index contributed by atoms with van der Waals surface area (Å²) in [4.78, 5) is 21.7. The number of aliphatic hydroxyl groups is 1. The van der Waals surface area contributed by atoms with Gasteiger partial charge in [0.15, 0.2) is 0 Å². The molecule has 1 aliphatic heterocycles. The number of hydrogen-bond donors (Lipinski definition) is 2. The number of rotatable bonds is 3. The molecule has 1 saturated heterocycles. The lowest BCUT2D eigenvalue weighted by molar-refractivity contribution is -0.122. The number of anilines is 1. The van der Waals surface area contributed by atoms with Crippen LogP contribution in [0.1, 0.15) is 25.3 Å². The van der Waals surface area contributed by atoms with Crippen LogP contribution in [0.5, 0.6) is 0 Å². The number of nitrogens with two attached hydrogens (primary N) is 1. The molecule has 0 radical (unpaired) electrons. The summed E-state index contributed by atoms with van der Waals surface area (Å²) in [6.07, 6.45) is 4.92. The average molecular weight is 250 g/mol. The average Bonchev–Trinajstić information content (AvgIpc) is 2.39. The zero-order valence-corrected chi connectivity index (χ0v) is 10.4. The maximum atomic E-state index is 11.3. The fourth-order valence-electron chi connectivity index (χ4n) is 2.20. The van der Waals surface area contributed by atoms with Crippen LogP contribution < -0.4 is 10.6 Å². The Kier molecular flexibility index (Phi) is 3.76. The van der Waals surface area contributed by atoms with Crippen molar-refractivity contribution in [2.24, 2.45) is 11.7 Å². The Bertz CT molecular complexity index is 421. The number of carbonyl (C=O) groups excluding carboxylic acids is 1. The summed E-state index contributed by atoms with van der Waals surface area (Å²) in [5, 5.41) is 8.95. The highest BCUT2D eigenvalue weighted by Crippen LogP contribution is 2.24. The zero-order valence-electron chi connectivity index (χ0n) is 10.4. The molecule has 1 aliphatic rings. The third-order valence-electron chi connectivity index (χ3n) is 3.42. The number of nitrogens with zero attached hydrogens (tertiary/aromatic N) is 3. The van der Waals surface area contributed by atoms with Crippen molar-refractivity contribution in [2.75, 3.05) is 11.4 Å². The summed E-state index contributed by atoms with van der Waals surface area (Å²) in [5.74, 6) is 0.187. The minimum atomic E-state index is -0.265. The van der Waals surface area contributed by atoms with E-state index in [2.05, 4.69) is 16.9 Å². The Morgan fingerprint density at radius 2 is 2.17 bits per heavy atom. The van der Waals surface area contributed by atoms with Gasteiger partial charge in [-0.3, -0.25) is 4.79 Å². The predicted molar refractivity (Wildman–Crippen MR) is 66.7 cm³/mol. The first kappa shape index (κ1) is 12.8. The quantitative estimate of drug-likeness (QED) is 0.791. The summed E-state index contributed by atoms with van der Waals surface area (Å²) >= 11 is 0. The molecule has 0 aromatic carbocycles. The normalized spacial score (nSPS) is 24.0. The van der Waals surface area contributed by atoms with Crippen LogP contribution in [0.2, 0.25) is 0 Å². The zero-order chi connectivity index (χ0) is 13.1. The molecule has 2 heterocycles. The highest BCUT2D eigenvalue weighted by molar-refractivity contribution is 5.77. The van der Waals surface area contributed by atoms with Gasteiger partial charge in [0.2, 0.25) is 11.9 Å². The van der Waals surface area contributed by atoms with E-state index in [4.69, 9.17) is 10.8 Å². The van der Waals surface area contributed by atoms with Crippen LogP contribution in [0, 0.1) is 5.92 Å². The number of primary amides is 1. The summed E-state index contributed by atoms with van der Waals surface area (Å²) in [6.45, 7) is 2.58. The van der Waals surface area contributed by atoms with Crippen molar-refractivity contribution in [2.45, 2.75) is 32.4 Å². The smallest absolute Gasteiger partial charge is 0.225 e. The molecule has 98 valence electrons. The van der Waals surface area contributed by atoms with Crippen molar-refractivity contribution < 1.29 is 9.90 Å². The summed E-state index contributed by atoms with van der Waals surface area (Å²) in [6, 6.07) is 0.292. The van der Waals surface area contributed by atoms with Gasteiger partial charge in [0, 0.05) is 30.5 Å². The number of amides is 1. The maximum absolute atomic E-state index is 11.3. The van der Waals surface area contributed by atoms with Crippen molar-refractivity contribution in [3.63, 3.8) is 0 Å². The Hall–Kier alpha value is -1.69. The van der Waals surface area contributed by atoms with E-state index in [0.29, 0.717) is 24.1 Å². The number of aromatic nitrogens is 2. The van der Waals surface area contributed by atoms with Crippen LogP contribution in [-0.2, 0) is 11.4 Å². The topological polar surface area (TPSA) is 92.3 Å². The third kappa shape index (κ3) is 2.59. The molecule has 18 heavy (non-hydrogen) atoms. The van der Waals surface area contributed by atoms with Gasteiger partial charge in [0.25, 0.3) is 0 Å². The lowest BCUT2D eigenvalue weighted by Gasteiger charge is -2.36. The summed E-state index contributed by atoms with van der Waals surface area (Å²) in [7, 11) is 0. The van der Waals surface area contributed by atoms with Crippen molar-refractivity contribution >= 4 is 11.9 Å². The van der Waals surface area contributed by atoms with E-state index in [1.54, 1.807) is 12.4 Å². The van der Waals surface area contributed by atoms with Crippen LogP contribution in [-0.4, -0.2) is 33.6 Å². The minimum Gasteiger partial charge on any atom is -0.392 e. The second-order valence-corrected chi connectivity index (χ2v) is 4.73. The minimum absolute atomic E-state index is 0.0697. The van der Waals surface area contributed by atoms with Crippen LogP contribution in [0.3, 0.4) is 0 Å². The van der Waals surface area contributed by atoms with E-state index >= 15 is 0 Å². The molecule has 1 amide bonds. The van der Waals surface area contributed by atoms with Gasteiger partial charge in [-0.2, -0.15) is 0 Å². The molecule has 2 unspecified atom stereocenters. The Labute approximate surface area is 106 Å². The largest absolute Gasteiger partial charge is 0.392 e. The van der Waals surface area contributed by atoms with Gasteiger partial charge in [-0.05, 0) is 19.8 Å². The highest BCUT2D eigenvalue weighted by Gasteiger charge is 2.29. The molecule has 3 N–H and O–H groups in total. The molecular weight excluding hydrogens is 232 g/mol. The van der Waals surface area contributed by atoms with Gasteiger partial charge in [-0.1, -0.05) is 0 Å². The fourth-order valence-corrected chi connectivity index (χ4v) is 2.20. The molecule has 0 bridgehead atoms. The van der Waals surface area contributed by atoms with Gasteiger partial charge in [-0.15, -0.1) is 0 Å². The second kappa shape index (κ2) is 5.30. The van der Waals surface area contributed by atoms with E-state index in [9.17, 15) is 4.79 Å². The second-order valence-electron chi connectivity index (χ2n) is 4.73. The molecule has 0 saturated carbocycles. The number of piperidine rings is 1. The van der Waals surface area contributed by atoms with E-state index < -0.39 is 0 Å². The van der Waals surface area contributed by atoms with E-state index in [0.717, 1.165) is 12.8 Å². The van der Waals surface area contributed by atoms with Crippen LogP contribution in [0.4, 0.5) is 5.95 Å². The predicted octanol–water partition coefficient (Wildman–Crippen LogP) is 0.0591. The van der Waals surface area contributed by atoms with Crippen molar-refractivity contribution in [3.05, 3.63) is 18.0 Å². The summed E-state index contributed by atoms with van der Waals surface area (Å²) < 4.78 is 0. The molecule has 6 heteroatoms. The van der Waals surface area contributed by atoms with E-state index in [-0.39, 0.29) is 18.4 Å². The number of carbonyl (C=O) groups is 1. The molecule has 6 nitrogen and oxygen atoms in total. The first-order valence-corrected chi connectivity index (χ1v) is 6.09. The Morgan fingerprint density at radius 1 is 1.50 bits per heavy atom. The van der Waals surface area contributed by atoms with Crippen LogP contribution in [0.15, 0.2) is 12.4 Å². The van der Waals surface area contributed by atoms with Gasteiger partial charge in [-0.25, -0.2) is 9.97 Å². The lowest BCUT2D eigenvalue weighted by Crippen LogP contribution is -2.46. The molecule has 1 aromatic rings. The SMILES string of the molecule is CC1CCC(C(N)=O)CN1c1ncc(CO)cn1. The Morgan fingerprint density at radius 3 is 2.72 bits per heavy atom. The standard InChI is InChI=1S/C12H18N4O2/c1-8-2-3-10(11(13)18)6-16(8)12-14-4-9(7-17)5-15-12/h4-5,8,10,17H,2-3,6-7H2,1H3,(H2,13,18). The van der Waals surface area contributed by atoms with Gasteiger partial charge >= 0.3 is 0 Å². The van der Waals surface area contributed by atoms with E-state index in [1.165, 1.54) is 0 Å². The van der Waals surface area contributed by atoms with Crippen molar-refractivity contribution in [3.8, 4) is 0 Å². The molecule has 2 rings (SSSR count). The van der Waals surface area contributed by atoms with Crippen LogP contribution in [0.25, 0.3) is 0 Å². The maximum Gasteiger partial charge on any atom is 0.225 e. The lowest BCUT2D eigenvalue weighted by atomic mass is 9.93. The number of aliphatic hydroxyl groups excluding tert-OH is 1. The molecule has 0 aliphatic carbocycles. The molecule has 1 aromatic heterocycles. The summed E-state index contributed by atoms with van der Waals surface area (Å²) in [5.41, 5.74) is 6.03. The first-order valence-electron chi connectivity index (χ1n) is 6.09. The third-order valence-corrected chi connectivity index (χ3v) is 3.42. The van der Waals surface area contributed by atoms with Gasteiger partial charge < -0.3 is 15.7 Å². The number of hydrogen-bond acceptors (Lipinski definition) is 5. The van der Waals surface area contributed by atoms with Gasteiger partial charge in [0.1, 0.15) is 0 Å². The highest BCUT2D eigenvalue weighted by atomic mass is 16.3. The fraction of sp³-hybridized carbons (Fsp3) is 0.583. The first-order chi connectivity index (χ1) is 8.61. The monoisotopic (exact) mass is 250 g/mol. The van der Waals surface area contributed by atoms with Crippen molar-refractivity contribution in [1.29, 1.82) is 0 Å². The van der Waals surface area contributed by atoms with Crippen LogP contribution >= 0.6 is 0 Å². The Balaban J connectivity index is 2.15. The van der Waals surface area contributed by atoms with Crippen molar-refractivity contribution in [1.82, 2.24) is 9.97 Å². The molecule has 0 spiro atoms. The molecular formula is C12H18N4O2. The van der Waals surface area contributed by atoms with Gasteiger partial charge in [0.05, 0.1) is 12.5 Å².